The fraction of sp³-hybridized carbons (Fsp3) is 0.692. The normalized spacial score (nSPS) is 16.8. The van der Waals surface area contributed by atoms with Gasteiger partial charge in [-0.3, -0.25) is 0 Å². The van der Waals surface area contributed by atoms with Gasteiger partial charge in [0.15, 0.2) is 0 Å². The number of rotatable bonds is 7. The Labute approximate surface area is 111 Å². The summed E-state index contributed by atoms with van der Waals surface area (Å²) in [5.41, 5.74) is 0.718. The van der Waals surface area contributed by atoms with Crippen LogP contribution in [0.5, 0.6) is 0 Å². The Hall–Kier alpha value is -0.940. The number of carboxylic acid groups (broad SMARTS) is 1. The number of carbonyl (C=O) groups is 1. The molecule has 0 aliphatic heterocycles. The summed E-state index contributed by atoms with van der Waals surface area (Å²) in [4.78, 5) is 16.1. The fourth-order valence-electron chi connectivity index (χ4n) is 2.05. The van der Waals surface area contributed by atoms with Crippen LogP contribution in [0.25, 0.3) is 0 Å². The van der Waals surface area contributed by atoms with Crippen LogP contribution in [0.2, 0.25) is 0 Å². The molecule has 18 heavy (non-hydrogen) atoms. The zero-order chi connectivity index (χ0) is 13.1. The summed E-state index contributed by atoms with van der Waals surface area (Å²) in [6.45, 7) is 4.64. The van der Waals surface area contributed by atoms with E-state index in [4.69, 9.17) is 4.74 Å². The number of ether oxygens (including phenoxy) is 1. The van der Waals surface area contributed by atoms with Crippen molar-refractivity contribution in [2.24, 2.45) is 5.92 Å². The molecule has 1 heterocycles. The zero-order valence-electron chi connectivity index (χ0n) is 10.8. The molecule has 1 aromatic heterocycles. The third-order valence-corrected chi connectivity index (χ3v) is 4.18. The molecular formula is C13H19NO3S. The molecule has 1 aliphatic carbocycles. The lowest BCUT2D eigenvalue weighted by atomic mass is 10.2. The summed E-state index contributed by atoms with van der Waals surface area (Å²) in [7, 11) is 0. The van der Waals surface area contributed by atoms with E-state index in [2.05, 4.69) is 4.98 Å². The van der Waals surface area contributed by atoms with Gasteiger partial charge in [0, 0.05) is 6.61 Å². The molecule has 1 atom stereocenters. The fourth-order valence-corrected chi connectivity index (χ4v) is 3.15. The molecular weight excluding hydrogens is 250 g/mol. The smallest absolute Gasteiger partial charge is 0.347 e. The third kappa shape index (κ3) is 2.90. The van der Waals surface area contributed by atoms with Gasteiger partial charge in [0.05, 0.1) is 5.69 Å². The average molecular weight is 269 g/mol. The molecule has 1 aliphatic rings. The molecule has 1 aromatic rings. The second kappa shape index (κ2) is 5.80. The van der Waals surface area contributed by atoms with Crippen LogP contribution < -0.4 is 0 Å². The molecule has 0 bridgehead atoms. The van der Waals surface area contributed by atoms with E-state index in [9.17, 15) is 9.90 Å². The molecule has 0 aromatic carbocycles. The summed E-state index contributed by atoms with van der Waals surface area (Å²) in [6, 6.07) is 0. The molecule has 1 N–H and O–H groups in total. The van der Waals surface area contributed by atoms with Crippen molar-refractivity contribution >= 4 is 17.3 Å². The Morgan fingerprint density at radius 1 is 1.56 bits per heavy atom. The SMILES string of the molecule is CCCc1nc(C(OCC)C2CC2)sc1C(=O)O. The van der Waals surface area contributed by atoms with Crippen LogP contribution in [0.15, 0.2) is 0 Å². The number of aromatic nitrogens is 1. The number of aromatic carboxylic acids is 1. The standard InChI is InChI=1S/C13H19NO3S/c1-3-5-9-11(13(15)16)18-12(14-9)10(17-4-2)8-6-7-8/h8,10H,3-7H2,1-2H3,(H,15,16). The van der Waals surface area contributed by atoms with E-state index in [0.717, 1.165) is 36.4 Å². The van der Waals surface area contributed by atoms with Crippen molar-refractivity contribution in [1.29, 1.82) is 0 Å². The van der Waals surface area contributed by atoms with Crippen LogP contribution in [-0.2, 0) is 11.2 Å². The van der Waals surface area contributed by atoms with Crippen LogP contribution in [0.1, 0.15) is 59.6 Å². The Kier molecular flexibility index (Phi) is 4.35. The van der Waals surface area contributed by atoms with Crippen molar-refractivity contribution in [1.82, 2.24) is 4.98 Å². The molecule has 5 heteroatoms. The lowest BCUT2D eigenvalue weighted by molar-refractivity contribution is 0.0461. The lowest BCUT2D eigenvalue weighted by Crippen LogP contribution is -2.06. The highest BCUT2D eigenvalue weighted by atomic mass is 32.1. The molecule has 1 saturated carbocycles. The van der Waals surface area contributed by atoms with Crippen molar-refractivity contribution in [2.75, 3.05) is 6.61 Å². The van der Waals surface area contributed by atoms with E-state index in [-0.39, 0.29) is 6.10 Å². The average Bonchev–Trinajstić information content (AvgIpc) is 3.07. The minimum absolute atomic E-state index is 0.00343. The monoisotopic (exact) mass is 269 g/mol. The van der Waals surface area contributed by atoms with Gasteiger partial charge in [-0.25, -0.2) is 9.78 Å². The largest absolute Gasteiger partial charge is 0.477 e. The molecule has 0 spiro atoms. The first kappa shape index (κ1) is 13.5. The van der Waals surface area contributed by atoms with Gasteiger partial charge < -0.3 is 9.84 Å². The highest BCUT2D eigenvalue weighted by Gasteiger charge is 2.36. The van der Waals surface area contributed by atoms with Gasteiger partial charge in [-0.2, -0.15) is 0 Å². The molecule has 1 unspecified atom stereocenters. The number of hydrogen-bond donors (Lipinski definition) is 1. The van der Waals surface area contributed by atoms with Gasteiger partial charge in [-0.05, 0) is 32.1 Å². The maximum Gasteiger partial charge on any atom is 0.347 e. The van der Waals surface area contributed by atoms with Gasteiger partial charge in [0.2, 0.25) is 0 Å². The number of thiazole rings is 1. The summed E-state index contributed by atoms with van der Waals surface area (Å²) in [5.74, 6) is -0.333. The minimum atomic E-state index is -0.867. The predicted octanol–water partition coefficient (Wildman–Crippen LogP) is 3.28. The van der Waals surface area contributed by atoms with Crippen molar-refractivity contribution < 1.29 is 14.6 Å². The maximum absolute atomic E-state index is 11.2. The molecule has 100 valence electrons. The topological polar surface area (TPSA) is 59.4 Å². The Balaban J connectivity index is 2.26. The summed E-state index contributed by atoms with van der Waals surface area (Å²) < 4.78 is 5.73. The highest BCUT2D eigenvalue weighted by Crippen LogP contribution is 2.44. The number of aryl methyl sites for hydroxylation is 1. The summed E-state index contributed by atoms with van der Waals surface area (Å²) in [6.07, 6.45) is 3.96. The molecule has 2 rings (SSSR count). The maximum atomic E-state index is 11.2. The van der Waals surface area contributed by atoms with Crippen LogP contribution in [0.3, 0.4) is 0 Å². The highest BCUT2D eigenvalue weighted by molar-refractivity contribution is 7.13. The quantitative estimate of drug-likeness (QED) is 0.825. The molecule has 0 radical (unpaired) electrons. The van der Waals surface area contributed by atoms with Crippen LogP contribution in [-0.4, -0.2) is 22.7 Å². The zero-order valence-corrected chi connectivity index (χ0v) is 11.6. The van der Waals surface area contributed by atoms with Gasteiger partial charge in [0.25, 0.3) is 0 Å². The summed E-state index contributed by atoms with van der Waals surface area (Å²) >= 11 is 1.29. The number of nitrogens with zero attached hydrogens (tertiary/aromatic N) is 1. The first-order chi connectivity index (χ1) is 8.67. The van der Waals surface area contributed by atoms with Gasteiger partial charge in [-0.1, -0.05) is 13.3 Å². The Morgan fingerprint density at radius 3 is 2.78 bits per heavy atom. The Morgan fingerprint density at radius 2 is 2.28 bits per heavy atom. The van der Waals surface area contributed by atoms with Crippen molar-refractivity contribution in [3.63, 3.8) is 0 Å². The van der Waals surface area contributed by atoms with Gasteiger partial charge in [-0.15, -0.1) is 11.3 Å². The minimum Gasteiger partial charge on any atom is -0.477 e. The van der Waals surface area contributed by atoms with Crippen molar-refractivity contribution in [3.05, 3.63) is 15.6 Å². The lowest BCUT2D eigenvalue weighted by Gasteiger charge is -2.12. The second-order valence-corrected chi connectivity index (χ2v) is 5.63. The van der Waals surface area contributed by atoms with Crippen LogP contribution in [0, 0.1) is 5.92 Å². The van der Waals surface area contributed by atoms with Gasteiger partial charge in [0.1, 0.15) is 16.0 Å². The van der Waals surface area contributed by atoms with E-state index in [1.807, 2.05) is 13.8 Å². The summed E-state index contributed by atoms with van der Waals surface area (Å²) in [5, 5.41) is 10.0. The second-order valence-electron chi connectivity index (χ2n) is 4.60. The number of carboxylic acids is 1. The van der Waals surface area contributed by atoms with E-state index < -0.39 is 5.97 Å². The Bertz CT molecular complexity index is 426. The predicted molar refractivity (Wildman–Crippen MR) is 70.2 cm³/mol. The first-order valence-electron chi connectivity index (χ1n) is 6.51. The van der Waals surface area contributed by atoms with E-state index in [1.54, 1.807) is 0 Å². The van der Waals surface area contributed by atoms with E-state index in [0.29, 0.717) is 17.4 Å². The molecule has 1 fully saturated rings. The van der Waals surface area contributed by atoms with Crippen LogP contribution in [0.4, 0.5) is 0 Å². The van der Waals surface area contributed by atoms with Gasteiger partial charge >= 0.3 is 5.97 Å². The van der Waals surface area contributed by atoms with Crippen molar-refractivity contribution in [3.8, 4) is 0 Å². The molecule has 4 nitrogen and oxygen atoms in total. The first-order valence-corrected chi connectivity index (χ1v) is 7.33. The van der Waals surface area contributed by atoms with E-state index >= 15 is 0 Å². The molecule has 0 saturated heterocycles. The third-order valence-electron chi connectivity index (χ3n) is 3.03. The number of hydrogen-bond acceptors (Lipinski definition) is 4. The van der Waals surface area contributed by atoms with Crippen LogP contribution >= 0.6 is 11.3 Å². The molecule has 0 amide bonds. The van der Waals surface area contributed by atoms with Crippen molar-refractivity contribution in [2.45, 2.75) is 45.6 Å². The van der Waals surface area contributed by atoms with E-state index in [1.165, 1.54) is 11.3 Å².